The predicted octanol–water partition coefficient (Wildman–Crippen LogP) is 13.0. The maximum absolute atomic E-state index is 12.8. The minimum atomic E-state index is -1.13. The van der Waals surface area contributed by atoms with Crippen molar-refractivity contribution in [2.45, 2.75) is 212 Å². The highest BCUT2D eigenvalue weighted by molar-refractivity contribution is 5.70. The number of carbonyl (C=O) groups is 3. The number of nitrogens with zero attached hydrogens (tertiary/aromatic N) is 1. The zero-order chi connectivity index (χ0) is 45.6. The van der Waals surface area contributed by atoms with Gasteiger partial charge < -0.3 is 28.6 Å². The van der Waals surface area contributed by atoms with Gasteiger partial charge >= 0.3 is 11.9 Å². The molecule has 0 rings (SSSR count). The van der Waals surface area contributed by atoms with E-state index in [0.717, 1.165) is 57.8 Å². The maximum atomic E-state index is 12.8. The quantitative estimate of drug-likeness (QED) is 0.0260. The second kappa shape index (κ2) is 44.4. The minimum absolute atomic E-state index is 0.0222. The second-order valence-corrected chi connectivity index (χ2v) is 17.7. The molecule has 8 heteroatoms. The van der Waals surface area contributed by atoms with Crippen LogP contribution in [0.4, 0.5) is 0 Å². The fourth-order valence-electron chi connectivity index (χ4n) is 6.91. The number of ether oxygens (including phenoxy) is 3. The Morgan fingerprint density at radius 1 is 0.484 bits per heavy atom. The average molecular weight is 868 g/mol. The number of quaternary nitrogens is 1. The average Bonchev–Trinajstić information content (AvgIpc) is 3.23. The molecule has 356 valence electrons. The number of aliphatic carboxylic acids is 1. The lowest BCUT2D eigenvalue weighted by atomic mass is 10.1. The van der Waals surface area contributed by atoms with E-state index in [1.54, 1.807) is 21.1 Å². The first kappa shape index (κ1) is 58.8. The third-order valence-electron chi connectivity index (χ3n) is 10.8. The number of carboxylic acid groups (broad SMARTS) is 1. The number of carbonyl (C=O) groups excluding carboxylic acids is 3. The van der Waals surface area contributed by atoms with E-state index < -0.39 is 18.1 Å². The molecule has 0 saturated heterocycles. The van der Waals surface area contributed by atoms with Gasteiger partial charge in [-0.2, -0.15) is 0 Å². The SMILES string of the molecule is CCCCC/C=C/C/C=C/C/C=C/C/C=C/C/C=C/CCCCC(=O)OCC(COCCC(C(=O)[O-])[N+](C)(C)C)OC(=O)CCCCCCCCC/C=C/CCCCCCCC. The van der Waals surface area contributed by atoms with Gasteiger partial charge in [-0.05, 0) is 89.9 Å². The van der Waals surface area contributed by atoms with Crippen LogP contribution in [-0.2, 0) is 28.6 Å². The highest BCUT2D eigenvalue weighted by Gasteiger charge is 2.25. The zero-order valence-corrected chi connectivity index (χ0v) is 40.5. The van der Waals surface area contributed by atoms with Crippen LogP contribution in [0.25, 0.3) is 0 Å². The van der Waals surface area contributed by atoms with Crippen molar-refractivity contribution in [2.75, 3.05) is 41.0 Å². The lowest BCUT2D eigenvalue weighted by Gasteiger charge is -2.34. The molecule has 2 unspecified atom stereocenters. The van der Waals surface area contributed by atoms with E-state index in [9.17, 15) is 19.5 Å². The summed E-state index contributed by atoms with van der Waals surface area (Å²) in [5, 5.41) is 11.7. The van der Waals surface area contributed by atoms with Crippen LogP contribution in [0.1, 0.15) is 200 Å². The van der Waals surface area contributed by atoms with Gasteiger partial charge in [-0.25, -0.2) is 0 Å². The molecule has 0 amide bonds. The number of hydrogen-bond donors (Lipinski definition) is 0. The van der Waals surface area contributed by atoms with Crippen molar-refractivity contribution in [1.29, 1.82) is 0 Å². The van der Waals surface area contributed by atoms with Crippen molar-refractivity contribution in [2.24, 2.45) is 0 Å². The Morgan fingerprint density at radius 3 is 1.34 bits per heavy atom. The van der Waals surface area contributed by atoms with Crippen molar-refractivity contribution >= 4 is 17.9 Å². The van der Waals surface area contributed by atoms with E-state index in [-0.39, 0.29) is 42.7 Å². The molecule has 0 aliphatic heterocycles. The standard InChI is InChI=1S/C54H93NO7/c1-6-8-10-12-14-16-18-20-22-24-25-26-27-29-30-32-34-36-38-40-42-44-52(56)61-49-50(48-60-47-46-51(54(58)59)55(3,4)5)62-53(57)45-43-41-39-37-35-33-31-28-23-21-19-17-15-13-11-9-7-2/h14,16,20-23,25-26,29-30,34,36,50-51H,6-13,15,17-19,24,27-28,31-33,35,37-49H2,1-5H3/b16-14+,22-20+,23-21+,26-25+,30-29+,36-34+. The lowest BCUT2D eigenvalue weighted by molar-refractivity contribution is -0.889. The smallest absolute Gasteiger partial charge is 0.306 e. The Hall–Kier alpha value is -3.23. The van der Waals surface area contributed by atoms with Gasteiger partial charge in [-0.3, -0.25) is 9.59 Å². The summed E-state index contributed by atoms with van der Waals surface area (Å²) in [6.45, 7) is 4.58. The van der Waals surface area contributed by atoms with Gasteiger partial charge in [0.2, 0.25) is 0 Å². The lowest BCUT2D eigenvalue weighted by Crippen LogP contribution is -2.55. The molecule has 0 spiro atoms. The molecule has 0 radical (unpaired) electrons. The van der Waals surface area contributed by atoms with E-state index in [0.29, 0.717) is 19.3 Å². The van der Waals surface area contributed by atoms with Gasteiger partial charge in [0, 0.05) is 19.3 Å². The summed E-state index contributed by atoms with van der Waals surface area (Å²) in [6.07, 6.45) is 56.4. The van der Waals surface area contributed by atoms with Gasteiger partial charge in [-0.1, -0.05) is 164 Å². The number of hydrogen-bond acceptors (Lipinski definition) is 7. The van der Waals surface area contributed by atoms with E-state index in [1.165, 1.54) is 103 Å². The highest BCUT2D eigenvalue weighted by Crippen LogP contribution is 2.13. The number of carboxylic acids is 1. The van der Waals surface area contributed by atoms with Crippen LogP contribution in [0.15, 0.2) is 72.9 Å². The third kappa shape index (κ3) is 42.1. The number of likely N-dealkylation sites (N-methyl/N-ethyl adjacent to an activating group) is 1. The van der Waals surface area contributed by atoms with Crippen LogP contribution >= 0.6 is 0 Å². The molecular weight excluding hydrogens is 775 g/mol. The molecule has 8 nitrogen and oxygen atoms in total. The molecular formula is C54H93NO7. The van der Waals surface area contributed by atoms with Gasteiger partial charge in [-0.15, -0.1) is 0 Å². The minimum Gasteiger partial charge on any atom is -0.544 e. The highest BCUT2D eigenvalue weighted by atomic mass is 16.6. The normalized spacial score (nSPS) is 13.5. The van der Waals surface area contributed by atoms with Crippen LogP contribution in [0.5, 0.6) is 0 Å². The van der Waals surface area contributed by atoms with E-state index in [2.05, 4.69) is 86.8 Å². The van der Waals surface area contributed by atoms with E-state index >= 15 is 0 Å². The second-order valence-electron chi connectivity index (χ2n) is 17.7. The fraction of sp³-hybridized carbons (Fsp3) is 0.722. The summed E-state index contributed by atoms with van der Waals surface area (Å²) >= 11 is 0. The molecule has 0 aromatic carbocycles. The summed E-state index contributed by atoms with van der Waals surface area (Å²) in [5.41, 5.74) is 0. The summed E-state index contributed by atoms with van der Waals surface area (Å²) in [4.78, 5) is 37.0. The predicted molar refractivity (Wildman–Crippen MR) is 259 cm³/mol. The molecule has 0 saturated carbocycles. The zero-order valence-electron chi connectivity index (χ0n) is 40.5. The molecule has 62 heavy (non-hydrogen) atoms. The monoisotopic (exact) mass is 868 g/mol. The van der Waals surface area contributed by atoms with Crippen molar-refractivity contribution in [3.8, 4) is 0 Å². The first-order valence-corrected chi connectivity index (χ1v) is 25.0. The molecule has 0 aromatic heterocycles. The largest absolute Gasteiger partial charge is 0.544 e. The Balaban J connectivity index is 4.37. The third-order valence-corrected chi connectivity index (χ3v) is 10.8. The van der Waals surface area contributed by atoms with Gasteiger partial charge in [0.25, 0.3) is 0 Å². The molecule has 0 aliphatic rings. The maximum Gasteiger partial charge on any atom is 0.306 e. The first-order valence-electron chi connectivity index (χ1n) is 25.0. The van der Waals surface area contributed by atoms with Gasteiger partial charge in [0.1, 0.15) is 12.6 Å². The molecule has 0 aliphatic carbocycles. The van der Waals surface area contributed by atoms with Crippen LogP contribution in [0.2, 0.25) is 0 Å². The summed E-state index contributed by atoms with van der Waals surface area (Å²) in [5.74, 6) is -1.80. The van der Waals surface area contributed by atoms with Crippen LogP contribution in [-0.4, -0.2) is 75.5 Å². The number of allylic oxidation sites excluding steroid dienone is 12. The molecule has 0 heterocycles. The van der Waals surface area contributed by atoms with Crippen molar-refractivity contribution < 1.29 is 38.2 Å². The number of unbranched alkanes of at least 4 members (excludes halogenated alkanes) is 18. The van der Waals surface area contributed by atoms with Crippen LogP contribution in [0, 0.1) is 0 Å². The van der Waals surface area contributed by atoms with Crippen molar-refractivity contribution in [1.82, 2.24) is 0 Å². The Bertz CT molecular complexity index is 1240. The first-order chi connectivity index (χ1) is 30.1. The number of rotatable bonds is 44. The number of esters is 2. The summed E-state index contributed by atoms with van der Waals surface area (Å²) < 4.78 is 17.2. The van der Waals surface area contributed by atoms with Crippen molar-refractivity contribution in [3.63, 3.8) is 0 Å². The molecule has 0 bridgehead atoms. The van der Waals surface area contributed by atoms with Crippen LogP contribution < -0.4 is 5.11 Å². The van der Waals surface area contributed by atoms with Gasteiger partial charge in [0.15, 0.2) is 6.10 Å². The van der Waals surface area contributed by atoms with Crippen LogP contribution in [0.3, 0.4) is 0 Å². The Kier molecular flexibility index (Phi) is 42.1. The summed E-state index contributed by atoms with van der Waals surface area (Å²) in [6, 6.07) is -0.737. The summed E-state index contributed by atoms with van der Waals surface area (Å²) in [7, 11) is 5.39. The van der Waals surface area contributed by atoms with Gasteiger partial charge in [0.05, 0.1) is 40.3 Å². The Morgan fingerprint density at radius 2 is 0.855 bits per heavy atom. The van der Waals surface area contributed by atoms with Crippen molar-refractivity contribution in [3.05, 3.63) is 72.9 Å². The molecule has 0 fully saturated rings. The topological polar surface area (TPSA) is 102 Å². The molecule has 0 N–H and O–H groups in total. The molecule has 2 atom stereocenters. The Labute approximate surface area is 381 Å². The molecule has 0 aromatic rings. The van der Waals surface area contributed by atoms with E-state index in [1.807, 2.05) is 0 Å². The fourth-order valence-corrected chi connectivity index (χ4v) is 6.91. The van der Waals surface area contributed by atoms with E-state index in [4.69, 9.17) is 14.2 Å².